The monoisotopic (exact) mass is 172 g/mol. The van der Waals surface area contributed by atoms with Gasteiger partial charge in [-0.3, -0.25) is 4.79 Å². The van der Waals surface area contributed by atoms with E-state index in [0.717, 1.165) is 22.4 Å². The van der Waals surface area contributed by atoms with Gasteiger partial charge in [-0.15, -0.1) is 0 Å². The average Bonchev–Trinajstić information content (AvgIpc) is 2.26. The van der Waals surface area contributed by atoms with Crippen molar-refractivity contribution < 1.29 is 4.79 Å². The number of hydrogen-bond acceptors (Lipinski definition) is 2. The molecule has 0 unspecified atom stereocenters. The van der Waals surface area contributed by atoms with Crippen molar-refractivity contribution in [3.63, 3.8) is 0 Å². The largest absolute Gasteiger partial charge is 0.276 e. The molecule has 0 aliphatic rings. The Hall–Kier alpha value is -0.830. The molecule has 0 aliphatic carbocycles. The van der Waals surface area contributed by atoms with Gasteiger partial charge in [-0.2, -0.15) is 9.78 Å². The van der Waals surface area contributed by atoms with Crippen molar-refractivity contribution in [3.8, 4) is 0 Å². The molecule has 1 rings (SSSR count). The molecule has 0 radical (unpaired) electrons. The molecule has 0 fully saturated rings. The first-order valence-electron chi connectivity index (χ1n) is 3.39. The van der Waals surface area contributed by atoms with Crippen molar-refractivity contribution in [3.05, 3.63) is 16.4 Å². The van der Waals surface area contributed by atoms with E-state index < -0.39 is 0 Å². The fourth-order valence-corrected chi connectivity index (χ4v) is 1.37. The van der Waals surface area contributed by atoms with Crippen molar-refractivity contribution in [2.24, 2.45) is 0 Å². The Morgan fingerprint density at radius 3 is 2.64 bits per heavy atom. The first-order valence-corrected chi connectivity index (χ1v) is 3.77. The van der Waals surface area contributed by atoms with Crippen LogP contribution in [0.25, 0.3) is 0 Å². The SMILES string of the molecule is CCc1c(C)nn(C=O)c1Cl. The van der Waals surface area contributed by atoms with E-state index in [1.807, 2.05) is 13.8 Å². The van der Waals surface area contributed by atoms with Crippen LogP contribution in [0.3, 0.4) is 0 Å². The van der Waals surface area contributed by atoms with E-state index in [1.54, 1.807) is 0 Å². The summed E-state index contributed by atoms with van der Waals surface area (Å²) in [5, 5.41) is 4.35. The molecule has 0 spiro atoms. The van der Waals surface area contributed by atoms with Gasteiger partial charge in [0.2, 0.25) is 6.41 Å². The number of nitrogens with zero attached hydrogens (tertiary/aromatic N) is 2. The van der Waals surface area contributed by atoms with Crippen LogP contribution in [-0.4, -0.2) is 16.2 Å². The highest BCUT2D eigenvalue weighted by Gasteiger charge is 2.09. The van der Waals surface area contributed by atoms with Gasteiger partial charge in [0.05, 0.1) is 5.69 Å². The standard InChI is InChI=1S/C7H9ClN2O/c1-3-6-5(2)9-10(4-11)7(6)8/h4H,3H2,1-2H3. The fourth-order valence-electron chi connectivity index (χ4n) is 1.02. The van der Waals surface area contributed by atoms with Crippen molar-refractivity contribution in [1.82, 2.24) is 9.78 Å². The topological polar surface area (TPSA) is 34.9 Å². The van der Waals surface area contributed by atoms with Gasteiger partial charge in [0, 0.05) is 5.56 Å². The minimum atomic E-state index is 0.431. The summed E-state index contributed by atoms with van der Waals surface area (Å²) in [4.78, 5) is 10.3. The summed E-state index contributed by atoms with van der Waals surface area (Å²) in [5.74, 6) is 0. The molecule has 0 aliphatic heterocycles. The lowest BCUT2D eigenvalue weighted by molar-refractivity contribution is 0.540. The second-order valence-electron chi connectivity index (χ2n) is 2.26. The molecule has 3 nitrogen and oxygen atoms in total. The molecule has 0 saturated carbocycles. The Kier molecular flexibility index (Phi) is 2.29. The third-order valence-electron chi connectivity index (χ3n) is 1.60. The van der Waals surface area contributed by atoms with Crippen LogP contribution in [0.15, 0.2) is 0 Å². The van der Waals surface area contributed by atoms with Gasteiger partial charge in [-0.25, -0.2) is 0 Å². The molecule has 1 aromatic heterocycles. The van der Waals surface area contributed by atoms with Crippen LogP contribution >= 0.6 is 11.6 Å². The Morgan fingerprint density at radius 1 is 1.73 bits per heavy atom. The Morgan fingerprint density at radius 2 is 2.36 bits per heavy atom. The lowest BCUT2D eigenvalue weighted by Gasteiger charge is -1.91. The second-order valence-corrected chi connectivity index (χ2v) is 2.62. The quantitative estimate of drug-likeness (QED) is 0.633. The molecule has 60 valence electrons. The maximum Gasteiger partial charge on any atom is 0.235 e. The summed E-state index contributed by atoms with van der Waals surface area (Å²) in [6.45, 7) is 3.82. The van der Waals surface area contributed by atoms with Gasteiger partial charge in [0.15, 0.2) is 0 Å². The lowest BCUT2D eigenvalue weighted by atomic mass is 10.2. The number of carbonyl (C=O) groups is 1. The van der Waals surface area contributed by atoms with Crippen molar-refractivity contribution in [1.29, 1.82) is 0 Å². The Balaban J connectivity index is 3.24. The number of rotatable bonds is 2. The predicted octanol–water partition coefficient (Wildman–Crippen LogP) is 1.45. The summed E-state index contributed by atoms with van der Waals surface area (Å²) >= 11 is 5.80. The summed E-state index contributed by atoms with van der Waals surface area (Å²) in [7, 11) is 0. The summed E-state index contributed by atoms with van der Waals surface area (Å²) in [6, 6.07) is 0. The minimum absolute atomic E-state index is 0.431. The van der Waals surface area contributed by atoms with Crippen LogP contribution < -0.4 is 0 Å². The number of aryl methyl sites for hydroxylation is 1. The molecule has 0 amide bonds. The highest BCUT2D eigenvalue weighted by Crippen LogP contribution is 2.18. The molecule has 0 N–H and O–H groups in total. The summed E-state index contributed by atoms with van der Waals surface area (Å²) in [5.41, 5.74) is 1.77. The zero-order chi connectivity index (χ0) is 8.43. The maximum absolute atomic E-state index is 10.3. The van der Waals surface area contributed by atoms with Crippen molar-refractivity contribution in [2.75, 3.05) is 0 Å². The van der Waals surface area contributed by atoms with Gasteiger partial charge >= 0.3 is 0 Å². The lowest BCUT2D eigenvalue weighted by Crippen LogP contribution is -1.96. The van der Waals surface area contributed by atoms with E-state index in [2.05, 4.69) is 5.10 Å². The Bertz CT molecular complexity index is 280. The molecule has 0 aromatic carbocycles. The van der Waals surface area contributed by atoms with Gasteiger partial charge in [0.25, 0.3) is 0 Å². The minimum Gasteiger partial charge on any atom is -0.276 e. The zero-order valence-electron chi connectivity index (χ0n) is 6.47. The van der Waals surface area contributed by atoms with E-state index in [4.69, 9.17) is 11.6 Å². The molecule has 1 heterocycles. The third-order valence-corrected chi connectivity index (χ3v) is 2.00. The normalized spacial score (nSPS) is 10.1. The van der Waals surface area contributed by atoms with Gasteiger partial charge in [0.1, 0.15) is 5.15 Å². The van der Waals surface area contributed by atoms with Crippen LogP contribution in [0.4, 0.5) is 0 Å². The first kappa shape index (κ1) is 8.27. The van der Waals surface area contributed by atoms with Crippen LogP contribution in [0.2, 0.25) is 5.15 Å². The smallest absolute Gasteiger partial charge is 0.235 e. The molecule has 0 bridgehead atoms. The number of hydrogen-bond donors (Lipinski definition) is 0. The highest BCUT2D eigenvalue weighted by molar-refractivity contribution is 6.31. The van der Waals surface area contributed by atoms with Crippen molar-refractivity contribution in [2.45, 2.75) is 20.3 Å². The van der Waals surface area contributed by atoms with Crippen LogP contribution in [0.1, 0.15) is 18.2 Å². The van der Waals surface area contributed by atoms with Crippen LogP contribution in [0, 0.1) is 6.92 Å². The van der Waals surface area contributed by atoms with Gasteiger partial charge in [-0.05, 0) is 13.3 Å². The van der Waals surface area contributed by atoms with Crippen LogP contribution in [0.5, 0.6) is 0 Å². The summed E-state index contributed by atoms with van der Waals surface area (Å²) in [6.07, 6.45) is 1.41. The zero-order valence-corrected chi connectivity index (χ0v) is 7.22. The van der Waals surface area contributed by atoms with Crippen molar-refractivity contribution >= 4 is 18.0 Å². The van der Waals surface area contributed by atoms with E-state index in [-0.39, 0.29) is 0 Å². The van der Waals surface area contributed by atoms with Gasteiger partial charge < -0.3 is 0 Å². The van der Waals surface area contributed by atoms with Crippen LogP contribution in [-0.2, 0) is 11.2 Å². The maximum atomic E-state index is 10.3. The molecule has 11 heavy (non-hydrogen) atoms. The van der Waals surface area contributed by atoms with E-state index >= 15 is 0 Å². The molecule has 4 heteroatoms. The number of carbonyl (C=O) groups excluding carboxylic acids is 1. The van der Waals surface area contributed by atoms with Gasteiger partial charge in [-0.1, -0.05) is 18.5 Å². The second kappa shape index (κ2) is 3.05. The summed E-state index contributed by atoms with van der Waals surface area (Å²) < 4.78 is 1.15. The van der Waals surface area contributed by atoms with E-state index in [1.165, 1.54) is 0 Å². The Labute approximate surface area is 70.0 Å². The average molecular weight is 173 g/mol. The molecule has 1 aromatic rings. The van der Waals surface area contributed by atoms with E-state index in [0.29, 0.717) is 11.6 Å². The fraction of sp³-hybridized carbons (Fsp3) is 0.429. The highest BCUT2D eigenvalue weighted by atomic mass is 35.5. The third kappa shape index (κ3) is 1.28. The van der Waals surface area contributed by atoms with E-state index in [9.17, 15) is 4.79 Å². The predicted molar refractivity (Wildman–Crippen MR) is 43.5 cm³/mol. The number of aromatic nitrogens is 2. The molecule has 0 atom stereocenters. The number of halogens is 1. The molecule has 0 saturated heterocycles. The molecular weight excluding hydrogens is 164 g/mol. The molecular formula is C7H9ClN2O. The first-order chi connectivity index (χ1) is 5.20.